The monoisotopic (exact) mass is 485 g/mol. The van der Waals surface area contributed by atoms with Crippen molar-refractivity contribution >= 4 is 16.6 Å². The second-order valence-electron chi connectivity index (χ2n) is 11.1. The second-order valence-corrected chi connectivity index (χ2v) is 11.1. The molecule has 2 heterocycles. The second kappa shape index (κ2) is 11.9. The van der Waals surface area contributed by atoms with Gasteiger partial charge in [0.05, 0.1) is 24.5 Å². The number of piperidine rings is 1. The van der Waals surface area contributed by atoms with Crippen LogP contribution in [0, 0.1) is 11.3 Å². The number of halogens is 1. The van der Waals surface area contributed by atoms with Crippen molar-refractivity contribution in [2.24, 2.45) is 11.3 Å². The number of hydrogen-bond donors (Lipinski definition) is 1. The van der Waals surface area contributed by atoms with Gasteiger partial charge < -0.3 is 19.6 Å². The summed E-state index contributed by atoms with van der Waals surface area (Å²) >= 11 is 0. The van der Waals surface area contributed by atoms with E-state index >= 15 is 4.39 Å². The molecule has 1 saturated heterocycles. The molecule has 5 nitrogen and oxygen atoms in total. The molecular weight excluding hydrogens is 441 g/mol. The molecule has 1 N–H and O–H groups in total. The molecule has 0 spiro atoms. The first-order valence-corrected chi connectivity index (χ1v) is 13.6. The van der Waals surface area contributed by atoms with E-state index in [1.807, 2.05) is 37.2 Å². The first-order chi connectivity index (χ1) is 16.9. The molecule has 35 heavy (non-hydrogen) atoms. The Morgan fingerprint density at radius 1 is 1.20 bits per heavy atom. The average Bonchev–Trinajstić information content (AvgIpc) is 2.90. The van der Waals surface area contributed by atoms with Crippen LogP contribution in [0.4, 0.5) is 10.1 Å². The lowest BCUT2D eigenvalue weighted by Gasteiger charge is -2.41. The Balaban J connectivity index is 1.40. The smallest absolute Gasteiger partial charge is 0.128 e. The number of alkyl halides is 1. The van der Waals surface area contributed by atoms with Crippen molar-refractivity contribution in [3.63, 3.8) is 0 Å². The van der Waals surface area contributed by atoms with Crippen LogP contribution in [0.5, 0.6) is 5.75 Å². The topological polar surface area (TPSA) is 48.8 Å². The number of nitrogens with zero attached hydrogens (tertiary/aromatic N) is 3. The van der Waals surface area contributed by atoms with E-state index in [9.17, 15) is 5.11 Å². The van der Waals surface area contributed by atoms with E-state index in [4.69, 9.17) is 4.74 Å². The molecule has 0 bridgehead atoms. The van der Waals surface area contributed by atoms with Gasteiger partial charge in [-0.2, -0.15) is 0 Å². The number of aromatic nitrogens is 1. The van der Waals surface area contributed by atoms with E-state index in [2.05, 4.69) is 9.88 Å². The molecule has 4 rings (SSSR count). The Morgan fingerprint density at radius 3 is 2.60 bits per heavy atom. The molecule has 194 valence electrons. The highest BCUT2D eigenvalue weighted by atomic mass is 19.1. The molecule has 6 heteroatoms. The maximum Gasteiger partial charge on any atom is 0.128 e. The van der Waals surface area contributed by atoms with Crippen LogP contribution in [0.1, 0.15) is 75.9 Å². The molecule has 1 atom stereocenters. The van der Waals surface area contributed by atoms with Crippen molar-refractivity contribution in [2.75, 3.05) is 52.3 Å². The van der Waals surface area contributed by atoms with Crippen LogP contribution < -0.4 is 9.64 Å². The number of fused-ring (bicyclic) bond motifs is 1. The van der Waals surface area contributed by atoms with Gasteiger partial charge in [-0.25, -0.2) is 4.39 Å². The quantitative estimate of drug-likeness (QED) is 0.438. The van der Waals surface area contributed by atoms with Crippen molar-refractivity contribution in [3.05, 3.63) is 30.0 Å². The summed E-state index contributed by atoms with van der Waals surface area (Å²) in [6.07, 6.45) is 12.0. The largest absolute Gasteiger partial charge is 0.497 e. The number of methoxy groups -OCH3 is 1. The molecule has 2 aromatic rings. The highest BCUT2D eigenvalue weighted by Gasteiger charge is 2.35. The molecule has 2 aliphatic rings. The van der Waals surface area contributed by atoms with Gasteiger partial charge >= 0.3 is 0 Å². The number of benzene rings is 1. The first kappa shape index (κ1) is 26.2. The van der Waals surface area contributed by atoms with Crippen LogP contribution in [0.25, 0.3) is 10.9 Å². The molecule has 2 fully saturated rings. The SMILES string of the molecule is COc1ccc2ncc(N(C)C)c(C(F)CCC3(CO)CCN(CCC4CCCCC4)CC3)c2c1. The zero-order valence-corrected chi connectivity index (χ0v) is 21.9. The van der Waals surface area contributed by atoms with Crippen molar-refractivity contribution < 1.29 is 14.2 Å². The highest BCUT2D eigenvalue weighted by Crippen LogP contribution is 2.42. The van der Waals surface area contributed by atoms with E-state index < -0.39 is 6.17 Å². The van der Waals surface area contributed by atoms with E-state index in [-0.39, 0.29) is 12.0 Å². The third-order valence-corrected chi connectivity index (χ3v) is 8.65. The molecule has 1 unspecified atom stereocenters. The van der Waals surface area contributed by atoms with Crippen LogP contribution in [-0.2, 0) is 0 Å². The summed E-state index contributed by atoms with van der Waals surface area (Å²) < 4.78 is 21.4. The predicted molar refractivity (Wildman–Crippen MR) is 142 cm³/mol. The minimum Gasteiger partial charge on any atom is -0.497 e. The van der Waals surface area contributed by atoms with E-state index in [1.54, 1.807) is 13.3 Å². The minimum absolute atomic E-state index is 0.141. The molecule has 1 aliphatic carbocycles. The number of ether oxygens (including phenoxy) is 1. The number of anilines is 1. The van der Waals surface area contributed by atoms with Gasteiger partial charge in [-0.3, -0.25) is 4.98 Å². The molecule has 1 aromatic heterocycles. The van der Waals surface area contributed by atoms with E-state index in [1.165, 1.54) is 45.1 Å². The lowest BCUT2D eigenvalue weighted by atomic mass is 9.74. The number of aliphatic hydroxyl groups excluding tert-OH is 1. The van der Waals surface area contributed by atoms with Gasteiger partial charge in [-0.15, -0.1) is 0 Å². The fraction of sp³-hybridized carbons (Fsp3) is 0.690. The fourth-order valence-corrected chi connectivity index (χ4v) is 6.15. The molecule has 1 aromatic carbocycles. The molecular formula is C29H44FN3O2. The normalized spacial score (nSPS) is 20.1. The lowest BCUT2D eigenvalue weighted by Crippen LogP contribution is -2.42. The third-order valence-electron chi connectivity index (χ3n) is 8.65. The van der Waals surface area contributed by atoms with Crippen LogP contribution in [-0.4, -0.2) is 62.4 Å². The maximum absolute atomic E-state index is 16.0. The standard InChI is InChI=1S/C29H44FN3O2/c1-32(2)27-20-31-26-10-9-23(35-3)19-24(26)28(27)25(30)11-13-29(21-34)14-17-33(18-15-29)16-12-22-7-5-4-6-8-22/h9-10,19-20,22,25,34H,4-8,11-18,21H2,1-3H3. The van der Waals surface area contributed by atoms with Crippen molar-refractivity contribution in [2.45, 2.75) is 70.4 Å². The van der Waals surface area contributed by atoms with Crippen molar-refractivity contribution in [3.8, 4) is 5.75 Å². The van der Waals surface area contributed by atoms with Gasteiger partial charge in [0, 0.05) is 31.7 Å². The Labute approximate surface area is 210 Å². The Hall–Kier alpha value is -1.92. The van der Waals surface area contributed by atoms with E-state index in [0.717, 1.165) is 48.4 Å². The Bertz CT molecular complexity index is 952. The van der Waals surface area contributed by atoms with Crippen LogP contribution in [0.15, 0.2) is 24.4 Å². The summed E-state index contributed by atoms with van der Waals surface area (Å²) in [5, 5.41) is 11.2. The highest BCUT2D eigenvalue weighted by molar-refractivity contribution is 5.88. The average molecular weight is 486 g/mol. The summed E-state index contributed by atoms with van der Waals surface area (Å²) in [5.74, 6) is 1.61. The van der Waals surface area contributed by atoms with Crippen LogP contribution >= 0.6 is 0 Å². The van der Waals surface area contributed by atoms with Crippen LogP contribution in [0.3, 0.4) is 0 Å². The zero-order valence-electron chi connectivity index (χ0n) is 21.9. The van der Waals surface area contributed by atoms with Gasteiger partial charge in [0.15, 0.2) is 0 Å². The Kier molecular flexibility index (Phi) is 8.87. The van der Waals surface area contributed by atoms with Gasteiger partial charge in [0.2, 0.25) is 0 Å². The summed E-state index contributed by atoms with van der Waals surface area (Å²) in [5.41, 5.74) is 2.08. The molecule has 0 amide bonds. The minimum atomic E-state index is -1.13. The van der Waals surface area contributed by atoms with Crippen molar-refractivity contribution in [1.82, 2.24) is 9.88 Å². The lowest BCUT2D eigenvalue weighted by molar-refractivity contribution is 0.0282. The number of aliphatic hydroxyl groups is 1. The zero-order chi connectivity index (χ0) is 24.8. The Morgan fingerprint density at radius 2 is 1.94 bits per heavy atom. The van der Waals surface area contributed by atoms with E-state index in [0.29, 0.717) is 24.2 Å². The number of hydrogen-bond acceptors (Lipinski definition) is 5. The third kappa shape index (κ3) is 6.26. The first-order valence-electron chi connectivity index (χ1n) is 13.6. The summed E-state index contributed by atoms with van der Waals surface area (Å²) in [4.78, 5) is 9.05. The summed E-state index contributed by atoms with van der Waals surface area (Å²) in [7, 11) is 5.48. The van der Waals surface area contributed by atoms with Gasteiger partial charge in [-0.1, -0.05) is 32.1 Å². The fourth-order valence-electron chi connectivity index (χ4n) is 6.15. The molecule has 0 radical (unpaired) electrons. The number of likely N-dealkylation sites (tertiary alicyclic amines) is 1. The molecule has 1 saturated carbocycles. The summed E-state index contributed by atoms with van der Waals surface area (Å²) in [6, 6.07) is 5.65. The van der Waals surface area contributed by atoms with Crippen LogP contribution in [0.2, 0.25) is 0 Å². The summed E-state index contributed by atoms with van der Waals surface area (Å²) in [6.45, 7) is 3.35. The van der Waals surface area contributed by atoms with Gasteiger partial charge in [0.1, 0.15) is 11.9 Å². The van der Waals surface area contributed by atoms with Crippen molar-refractivity contribution in [1.29, 1.82) is 0 Å². The number of pyridine rings is 1. The van der Waals surface area contributed by atoms with Gasteiger partial charge in [-0.05, 0) is 81.3 Å². The maximum atomic E-state index is 16.0. The number of rotatable bonds is 10. The van der Waals surface area contributed by atoms with Gasteiger partial charge in [0.25, 0.3) is 0 Å². The predicted octanol–water partition coefficient (Wildman–Crippen LogP) is 6.15. The molecule has 1 aliphatic heterocycles.